The molecule has 0 aromatic heterocycles. The van der Waals surface area contributed by atoms with Gasteiger partial charge in [0.05, 0.1) is 11.4 Å². The van der Waals surface area contributed by atoms with Crippen molar-refractivity contribution >= 4 is 33.2 Å². The van der Waals surface area contributed by atoms with Crippen LogP contribution < -0.4 is 10.0 Å². The number of carbonyl (C=O) groups excluding carboxylic acids is 1. The smallest absolute Gasteiger partial charge is 0.241 e. The summed E-state index contributed by atoms with van der Waals surface area (Å²) >= 11 is 5.78. The maximum absolute atomic E-state index is 12.1. The molecular formula is C16H17ClN2O3S. The zero-order chi connectivity index (χ0) is 17.0. The van der Waals surface area contributed by atoms with Crippen molar-refractivity contribution in [3.8, 4) is 0 Å². The second-order valence-corrected chi connectivity index (χ2v) is 7.28. The molecule has 0 heterocycles. The van der Waals surface area contributed by atoms with E-state index in [4.69, 9.17) is 11.6 Å². The minimum absolute atomic E-state index is 0.0181. The second kappa shape index (κ2) is 7.12. The molecule has 0 radical (unpaired) electrons. The molecular weight excluding hydrogens is 336 g/mol. The molecule has 7 heteroatoms. The summed E-state index contributed by atoms with van der Waals surface area (Å²) in [7, 11) is -3.78. The van der Waals surface area contributed by atoms with Gasteiger partial charge in [-0.2, -0.15) is 0 Å². The van der Waals surface area contributed by atoms with E-state index in [1.165, 1.54) is 18.2 Å². The molecule has 1 amide bonds. The normalized spacial score (nSPS) is 11.3. The lowest BCUT2D eigenvalue weighted by Gasteiger charge is -2.11. The van der Waals surface area contributed by atoms with Crippen LogP contribution in [0.3, 0.4) is 0 Å². The number of anilines is 1. The molecule has 0 unspecified atom stereocenters. The Kier molecular flexibility index (Phi) is 5.41. The number of hydrogen-bond acceptors (Lipinski definition) is 3. The lowest BCUT2D eigenvalue weighted by Crippen LogP contribution is -2.33. The topological polar surface area (TPSA) is 75.3 Å². The number of benzene rings is 2. The van der Waals surface area contributed by atoms with Crippen LogP contribution in [-0.2, 0) is 14.8 Å². The number of amides is 1. The van der Waals surface area contributed by atoms with Crippen molar-refractivity contribution in [3.05, 3.63) is 58.6 Å². The Morgan fingerprint density at radius 3 is 2.52 bits per heavy atom. The first-order valence-electron chi connectivity index (χ1n) is 6.91. The van der Waals surface area contributed by atoms with Crippen molar-refractivity contribution < 1.29 is 13.2 Å². The average molecular weight is 353 g/mol. The molecule has 5 nitrogen and oxygen atoms in total. The largest absolute Gasteiger partial charge is 0.325 e. The number of halogens is 1. The molecule has 0 saturated heterocycles. The predicted octanol–water partition coefficient (Wildman–Crippen LogP) is 2.87. The molecule has 0 fully saturated rings. The molecule has 0 bridgehead atoms. The standard InChI is InChI=1S/C16H17ClN2O3S/c1-11-5-3-8-15(12(11)2)19-16(20)10-18-23(21,22)14-7-4-6-13(17)9-14/h3-9,18H,10H2,1-2H3,(H,19,20). The highest BCUT2D eigenvalue weighted by Crippen LogP contribution is 2.18. The van der Waals surface area contributed by atoms with Gasteiger partial charge in [0.15, 0.2) is 0 Å². The van der Waals surface area contributed by atoms with E-state index in [0.717, 1.165) is 11.1 Å². The van der Waals surface area contributed by atoms with Crippen LogP contribution in [0.5, 0.6) is 0 Å². The number of nitrogens with one attached hydrogen (secondary N) is 2. The molecule has 0 aliphatic carbocycles. The highest BCUT2D eigenvalue weighted by molar-refractivity contribution is 7.89. The van der Waals surface area contributed by atoms with Gasteiger partial charge in [0.25, 0.3) is 0 Å². The minimum Gasteiger partial charge on any atom is -0.325 e. The fraction of sp³-hybridized carbons (Fsp3) is 0.188. The Balaban J connectivity index is 2.03. The molecule has 23 heavy (non-hydrogen) atoms. The zero-order valence-electron chi connectivity index (χ0n) is 12.8. The van der Waals surface area contributed by atoms with Gasteiger partial charge in [-0.25, -0.2) is 13.1 Å². The molecule has 2 N–H and O–H groups in total. The third kappa shape index (κ3) is 4.54. The first kappa shape index (κ1) is 17.5. The van der Waals surface area contributed by atoms with Crippen LogP contribution in [0.1, 0.15) is 11.1 Å². The van der Waals surface area contributed by atoms with Crippen molar-refractivity contribution in [3.63, 3.8) is 0 Å². The number of sulfonamides is 1. The van der Waals surface area contributed by atoms with Crippen molar-refractivity contribution in [2.24, 2.45) is 0 Å². The van der Waals surface area contributed by atoms with Gasteiger partial charge in [0, 0.05) is 10.7 Å². The summed E-state index contributed by atoms with van der Waals surface area (Å²) in [5.74, 6) is -0.440. The highest BCUT2D eigenvalue weighted by atomic mass is 35.5. The number of carbonyl (C=O) groups is 1. The number of aryl methyl sites for hydroxylation is 1. The molecule has 2 aromatic carbocycles. The van der Waals surface area contributed by atoms with E-state index in [0.29, 0.717) is 10.7 Å². The van der Waals surface area contributed by atoms with Gasteiger partial charge in [-0.3, -0.25) is 4.79 Å². The number of rotatable bonds is 5. The summed E-state index contributed by atoms with van der Waals surface area (Å²) in [6, 6.07) is 11.4. The van der Waals surface area contributed by atoms with Crippen LogP contribution in [0.4, 0.5) is 5.69 Å². The molecule has 2 rings (SSSR count). The quantitative estimate of drug-likeness (QED) is 0.868. The van der Waals surface area contributed by atoms with Gasteiger partial charge < -0.3 is 5.32 Å². The summed E-state index contributed by atoms with van der Waals surface area (Å²) in [4.78, 5) is 12.0. The van der Waals surface area contributed by atoms with Gasteiger partial charge in [0.1, 0.15) is 0 Å². The van der Waals surface area contributed by atoms with Gasteiger partial charge in [-0.1, -0.05) is 29.8 Å². The van der Waals surface area contributed by atoms with E-state index < -0.39 is 15.9 Å². The van der Waals surface area contributed by atoms with Crippen LogP contribution in [0.15, 0.2) is 47.4 Å². The zero-order valence-corrected chi connectivity index (χ0v) is 14.3. The molecule has 0 spiro atoms. The predicted molar refractivity (Wildman–Crippen MR) is 91.2 cm³/mol. The fourth-order valence-electron chi connectivity index (χ4n) is 1.96. The summed E-state index contributed by atoms with van der Waals surface area (Å²) in [6.07, 6.45) is 0. The minimum atomic E-state index is -3.78. The summed E-state index contributed by atoms with van der Waals surface area (Å²) < 4.78 is 26.5. The molecule has 122 valence electrons. The van der Waals surface area contributed by atoms with Crippen molar-refractivity contribution in [2.45, 2.75) is 18.7 Å². The van der Waals surface area contributed by atoms with Crippen molar-refractivity contribution in [1.82, 2.24) is 4.72 Å². The van der Waals surface area contributed by atoms with Crippen LogP contribution in [0, 0.1) is 13.8 Å². The Morgan fingerprint density at radius 2 is 1.83 bits per heavy atom. The summed E-state index contributed by atoms with van der Waals surface area (Å²) in [5, 5.41) is 3.01. The Hall–Kier alpha value is -1.89. The Morgan fingerprint density at radius 1 is 1.13 bits per heavy atom. The van der Waals surface area contributed by atoms with E-state index in [1.54, 1.807) is 12.1 Å². The van der Waals surface area contributed by atoms with E-state index in [1.807, 2.05) is 26.0 Å². The third-order valence-corrected chi connectivity index (χ3v) is 5.04. The van der Waals surface area contributed by atoms with Crippen LogP contribution in [0.25, 0.3) is 0 Å². The molecule has 2 aromatic rings. The van der Waals surface area contributed by atoms with Crippen LogP contribution in [0.2, 0.25) is 5.02 Å². The molecule has 0 saturated carbocycles. The lowest BCUT2D eigenvalue weighted by molar-refractivity contribution is -0.115. The van der Waals surface area contributed by atoms with Crippen LogP contribution >= 0.6 is 11.6 Å². The molecule has 0 aliphatic rings. The van der Waals surface area contributed by atoms with Crippen LogP contribution in [-0.4, -0.2) is 20.9 Å². The molecule has 0 aliphatic heterocycles. The SMILES string of the molecule is Cc1cccc(NC(=O)CNS(=O)(=O)c2cccc(Cl)c2)c1C. The first-order chi connectivity index (χ1) is 10.8. The van der Waals surface area contributed by atoms with Gasteiger partial charge in [-0.05, 0) is 49.2 Å². The Labute approximate surface area is 140 Å². The second-order valence-electron chi connectivity index (χ2n) is 5.08. The Bertz CT molecular complexity index is 835. The van der Waals surface area contributed by atoms with Gasteiger partial charge in [0.2, 0.25) is 15.9 Å². The van der Waals surface area contributed by atoms with Crippen molar-refractivity contribution in [1.29, 1.82) is 0 Å². The monoisotopic (exact) mass is 352 g/mol. The molecule has 0 atom stereocenters. The van der Waals surface area contributed by atoms with E-state index in [9.17, 15) is 13.2 Å². The highest BCUT2D eigenvalue weighted by Gasteiger charge is 2.16. The summed E-state index contributed by atoms with van der Waals surface area (Å²) in [6.45, 7) is 3.47. The lowest BCUT2D eigenvalue weighted by atomic mass is 10.1. The fourth-order valence-corrected chi connectivity index (χ4v) is 3.24. The van der Waals surface area contributed by atoms with E-state index >= 15 is 0 Å². The third-order valence-electron chi connectivity index (χ3n) is 3.41. The van der Waals surface area contributed by atoms with Gasteiger partial charge >= 0.3 is 0 Å². The van der Waals surface area contributed by atoms with E-state index in [-0.39, 0.29) is 11.4 Å². The van der Waals surface area contributed by atoms with E-state index in [2.05, 4.69) is 10.0 Å². The summed E-state index contributed by atoms with van der Waals surface area (Å²) in [5.41, 5.74) is 2.65. The van der Waals surface area contributed by atoms with Crippen molar-refractivity contribution in [2.75, 3.05) is 11.9 Å². The first-order valence-corrected chi connectivity index (χ1v) is 8.77. The number of hydrogen-bond donors (Lipinski definition) is 2. The maximum Gasteiger partial charge on any atom is 0.241 e. The maximum atomic E-state index is 12.1. The van der Waals surface area contributed by atoms with Gasteiger partial charge in [-0.15, -0.1) is 0 Å². The average Bonchev–Trinajstić information content (AvgIpc) is 2.50.